The molecule has 8 nitrogen and oxygen atoms in total. The van der Waals surface area contributed by atoms with Gasteiger partial charge in [0.2, 0.25) is 5.91 Å². The Morgan fingerprint density at radius 1 is 1.05 bits per heavy atom. The third-order valence-corrected chi connectivity index (χ3v) is 7.16. The normalized spacial score (nSPS) is 15.1. The minimum absolute atomic E-state index is 0.0382. The number of nitrogens with two attached hydrogens (primary N) is 1. The summed E-state index contributed by atoms with van der Waals surface area (Å²) in [5.41, 5.74) is 12.1. The third kappa shape index (κ3) is 4.86. The number of hydrogen-bond acceptors (Lipinski definition) is 5. The fourth-order valence-corrected chi connectivity index (χ4v) is 4.73. The minimum Gasteiger partial charge on any atom is -0.367 e. The summed E-state index contributed by atoms with van der Waals surface area (Å²) in [5, 5.41) is 6.48. The predicted octanol–water partition coefficient (Wildman–Crippen LogP) is 5.00. The zero-order valence-corrected chi connectivity index (χ0v) is 21.7. The van der Waals surface area contributed by atoms with E-state index >= 15 is 0 Å². The number of aromatic nitrogens is 3. The van der Waals surface area contributed by atoms with E-state index in [-0.39, 0.29) is 5.91 Å². The first-order valence-electron chi connectivity index (χ1n) is 13.3. The molecule has 4 N–H and O–H groups in total. The lowest BCUT2D eigenvalue weighted by molar-refractivity contribution is 0.0949. The molecule has 2 aliphatic rings. The average molecular weight is 509 g/mol. The number of carbonyl (C=O) groups is 2. The fraction of sp³-hybridized carbons (Fsp3) is 0.333. The molecule has 0 unspecified atom stereocenters. The van der Waals surface area contributed by atoms with Crippen molar-refractivity contribution in [1.29, 1.82) is 0 Å². The lowest BCUT2D eigenvalue weighted by Gasteiger charge is -2.14. The van der Waals surface area contributed by atoms with Gasteiger partial charge in [-0.2, -0.15) is 0 Å². The van der Waals surface area contributed by atoms with Crippen LogP contribution in [0.2, 0.25) is 0 Å². The SMILES string of the molecule is CC(C)CNc1nc(-c2ccc(C3CC3)c(C(N)=O)c2)cn2c(-c3ccc(C(=O)NC4CC4)cc3)cnc12. The van der Waals surface area contributed by atoms with Gasteiger partial charge in [-0.3, -0.25) is 14.0 Å². The van der Waals surface area contributed by atoms with Crippen molar-refractivity contribution < 1.29 is 9.59 Å². The van der Waals surface area contributed by atoms with Gasteiger partial charge in [0, 0.05) is 41.0 Å². The van der Waals surface area contributed by atoms with E-state index in [0.717, 1.165) is 54.6 Å². The van der Waals surface area contributed by atoms with Gasteiger partial charge in [0.15, 0.2) is 11.5 Å². The van der Waals surface area contributed by atoms with Gasteiger partial charge in [-0.25, -0.2) is 9.97 Å². The second kappa shape index (κ2) is 9.59. The first kappa shape index (κ1) is 24.2. The number of primary amides is 1. The van der Waals surface area contributed by atoms with E-state index in [1.54, 1.807) is 0 Å². The van der Waals surface area contributed by atoms with E-state index in [4.69, 9.17) is 10.7 Å². The van der Waals surface area contributed by atoms with Crippen LogP contribution >= 0.6 is 0 Å². The Kier molecular flexibility index (Phi) is 6.10. The first-order chi connectivity index (χ1) is 18.4. The Morgan fingerprint density at radius 2 is 1.79 bits per heavy atom. The van der Waals surface area contributed by atoms with Gasteiger partial charge in [0.25, 0.3) is 5.91 Å². The van der Waals surface area contributed by atoms with Crippen molar-refractivity contribution in [2.24, 2.45) is 11.7 Å². The highest BCUT2D eigenvalue weighted by Crippen LogP contribution is 2.42. The van der Waals surface area contributed by atoms with E-state index in [9.17, 15) is 9.59 Å². The van der Waals surface area contributed by atoms with Crippen LogP contribution < -0.4 is 16.4 Å². The zero-order chi connectivity index (χ0) is 26.4. The molecule has 2 aromatic carbocycles. The molecule has 2 aliphatic carbocycles. The van der Waals surface area contributed by atoms with E-state index in [2.05, 4.69) is 29.5 Å². The van der Waals surface area contributed by atoms with Gasteiger partial charge in [0.1, 0.15) is 0 Å². The molecule has 2 amide bonds. The maximum atomic E-state index is 12.4. The highest BCUT2D eigenvalue weighted by atomic mass is 16.2. The molecule has 0 aliphatic heterocycles. The van der Waals surface area contributed by atoms with Crippen LogP contribution in [0.15, 0.2) is 54.9 Å². The summed E-state index contributed by atoms with van der Waals surface area (Å²) >= 11 is 0. The largest absolute Gasteiger partial charge is 0.367 e. The minimum atomic E-state index is -0.415. The molecule has 0 spiro atoms. The molecule has 2 fully saturated rings. The van der Waals surface area contributed by atoms with Crippen LogP contribution in [0, 0.1) is 5.92 Å². The second-order valence-corrected chi connectivity index (χ2v) is 10.9. The van der Waals surface area contributed by atoms with Crippen LogP contribution in [0.5, 0.6) is 0 Å². The molecule has 0 saturated heterocycles. The van der Waals surface area contributed by atoms with Crippen LogP contribution in [0.3, 0.4) is 0 Å². The summed E-state index contributed by atoms with van der Waals surface area (Å²) in [6, 6.07) is 13.8. The number of benzene rings is 2. The predicted molar refractivity (Wildman–Crippen MR) is 148 cm³/mol. The molecule has 6 rings (SSSR count). The zero-order valence-electron chi connectivity index (χ0n) is 21.7. The fourth-order valence-electron chi connectivity index (χ4n) is 4.73. The lowest BCUT2D eigenvalue weighted by Crippen LogP contribution is -2.25. The number of imidazole rings is 1. The number of anilines is 1. The van der Waals surface area contributed by atoms with Crippen molar-refractivity contribution in [2.45, 2.75) is 51.5 Å². The van der Waals surface area contributed by atoms with Gasteiger partial charge in [-0.15, -0.1) is 0 Å². The van der Waals surface area contributed by atoms with Crippen LogP contribution in [0.25, 0.3) is 28.2 Å². The van der Waals surface area contributed by atoms with Crippen molar-refractivity contribution in [2.75, 3.05) is 11.9 Å². The maximum absolute atomic E-state index is 12.4. The molecular weight excluding hydrogens is 476 g/mol. The second-order valence-electron chi connectivity index (χ2n) is 10.9. The molecule has 2 saturated carbocycles. The summed E-state index contributed by atoms with van der Waals surface area (Å²) in [6.07, 6.45) is 8.06. The van der Waals surface area contributed by atoms with Crippen molar-refractivity contribution in [3.63, 3.8) is 0 Å². The van der Waals surface area contributed by atoms with Gasteiger partial charge >= 0.3 is 0 Å². The first-order valence-corrected chi connectivity index (χ1v) is 13.3. The summed E-state index contributed by atoms with van der Waals surface area (Å²) in [5.74, 6) is 1.06. The Labute approximate surface area is 221 Å². The molecule has 194 valence electrons. The van der Waals surface area contributed by atoms with E-state index in [0.29, 0.717) is 46.2 Å². The molecule has 0 bridgehead atoms. The van der Waals surface area contributed by atoms with Gasteiger partial charge < -0.3 is 16.4 Å². The number of fused-ring (bicyclic) bond motifs is 1. The molecule has 0 atom stereocenters. The highest BCUT2D eigenvalue weighted by molar-refractivity contribution is 5.96. The number of amides is 2. The Hall–Kier alpha value is -4.20. The number of rotatable bonds is 9. The molecule has 2 heterocycles. The smallest absolute Gasteiger partial charge is 0.251 e. The van der Waals surface area contributed by atoms with E-state index < -0.39 is 5.91 Å². The summed E-state index contributed by atoms with van der Waals surface area (Å²) < 4.78 is 2.02. The molecule has 4 aromatic rings. The standard InChI is InChI=1S/C30H32N6O2/c1-17(2)14-32-28-29-33-15-26(19-5-7-20(8-6-19)30(38)34-22-10-11-22)36(29)16-25(35-28)21-9-12-23(18-3-4-18)24(13-21)27(31)37/h5-9,12-13,15-18,22H,3-4,10-11,14H2,1-2H3,(H2,31,37)(H,32,35)(H,34,38). The molecule has 8 heteroatoms. The van der Waals surface area contributed by atoms with Crippen LogP contribution in [-0.4, -0.2) is 38.8 Å². The molecule has 2 aromatic heterocycles. The molecule has 38 heavy (non-hydrogen) atoms. The van der Waals surface area contributed by atoms with Crippen molar-refractivity contribution in [1.82, 2.24) is 19.7 Å². The summed E-state index contributed by atoms with van der Waals surface area (Å²) in [4.78, 5) is 34.3. The average Bonchev–Trinajstić information content (AvgIpc) is 3.85. The van der Waals surface area contributed by atoms with E-state index in [1.807, 2.05) is 59.3 Å². The monoisotopic (exact) mass is 508 g/mol. The number of hydrogen-bond donors (Lipinski definition) is 3. The Balaban J connectivity index is 1.41. The quantitative estimate of drug-likeness (QED) is 0.294. The van der Waals surface area contributed by atoms with Gasteiger partial charge in [0.05, 0.1) is 17.6 Å². The topological polar surface area (TPSA) is 114 Å². The lowest BCUT2D eigenvalue weighted by atomic mass is 9.98. The summed E-state index contributed by atoms with van der Waals surface area (Å²) in [6.45, 7) is 5.02. The van der Waals surface area contributed by atoms with Gasteiger partial charge in [-0.1, -0.05) is 38.1 Å². The molecule has 0 radical (unpaired) electrons. The van der Waals surface area contributed by atoms with Gasteiger partial charge in [-0.05, 0) is 61.3 Å². The van der Waals surface area contributed by atoms with E-state index in [1.165, 1.54) is 0 Å². The molecular formula is C30H32N6O2. The van der Waals surface area contributed by atoms with Crippen LogP contribution in [0.4, 0.5) is 5.82 Å². The third-order valence-electron chi connectivity index (χ3n) is 7.16. The number of nitrogens with one attached hydrogen (secondary N) is 2. The van der Waals surface area contributed by atoms with Crippen molar-refractivity contribution >= 4 is 23.3 Å². The van der Waals surface area contributed by atoms with Crippen molar-refractivity contribution in [3.8, 4) is 22.5 Å². The number of carbonyl (C=O) groups excluding carboxylic acids is 2. The Morgan fingerprint density at radius 3 is 2.45 bits per heavy atom. The maximum Gasteiger partial charge on any atom is 0.251 e. The van der Waals surface area contributed by atoms with Crippen LogP contribution in [0.1, 0.15) is 71.7 Å². The van der Waals surface area contributed by atoms with Crippen molar-refractivity contribution in [3.05, 3.63) is 71.5 Å². The van der Waals surface area contributed by atoms with Crippen LogP contribution in [-0.2, 0) is 0 Å². The Bertz CT molecular complexity index is 1530. The number of nitrogens with zero attached hydrogens (tertiary/aromatic N) is 3. The summed E-state index contributed by atoms with van der Waals surface area (Å²) in [7, 11) is 0. The highest BCUT2D eigenvalue weighted by Gasteiger charge is 2.28.